The van der Waals surface area contributed by atoms with E-state index in [0.29, 0.717) is 34.6 Å². The predicted molar refractivity (Wildman–Crippen MR) is 99.9 cm³/mol. The van der Waals surface area contributed by atoms with Gasteiger partial charge in [0, 0.05) is 22.3 Å². The van der Waals surface area contributed by atoms with Crippen molar-refractivity contribution >= 4 is 34.9 Å². The number of nitrogens with zero attached hydrogens (tertiary/aromatic N) is 1. The summed E-state index contributed by atoms with van der Waals surface area (Å²) in [5, 5.41) is 4.09. The highest BCUT2D eigenvalue weighted by Crippen LogP contribution is 2.20. The highest BCUT2D eigenvalue weighted by Gasteiger charge is 2.17. The number of carbonyl (C=O) groups excluding carboxylic acids is 1. The molecule has 1 N–H and O–H groups in total. The Morgan fingerprint density at radius 3 is 2.40 bits per heavy atom. The average molecular weight is 375 g/mol. The van der Waals surface area contributed by atoms with Crippen LogP contribution in [0.4, 0.5) is 10.5 Å². The van der Waals surface area contributed by atoms with Crippen LogP contribution >= 0.6 is 23.2 Å². The van der Waals surface area contributed by atoms with Gasteiger partial charge in [-0.3, -0.25) is 0 Å². The molecule has 0 atom stereocenters. The molecule has 25 heavy (non-hydrogen) atoms. The second-order valence-electron chi connectivity index (χ2n) is 5.46. The van der Waals surface area contributed by atoms with Gasteiger partial charge in [0.1, 0.15) is 5.76 Å². The zero-order valence-electron chi connectivity index (χ0n) is 13.3. The van der Waals surface area contributed by atoms with Crippen LogP contribution in [0.3, 0.4) is 0 Å². The van der Waals surface area contributed by atoms with E-state index in [9.17, 15) is 4.79 Å². The first-order chi connectivity index (χ1) is 12.1. The fraction of sp³-hybridized carbons (Fsp3) is 0.105. The number of hydrogen-bond acceptors (Lipinski definition) is 2. The Bertz CT molecular complexity index is 833. The molecule has 0 radical (unpaired) electrons. The van der Waals surface area contributed by atoms with E-state index in [2.05, 4.69) is 5.32 Å². The summed E-state index contributed by atoms with van der Waals surface area (Å²) in [6, 6.07) is 17.8. The van der Waals surface area contributed by atoms with Crippen molar-refractivity contribution in [3.05, 3.63) is 88.3 Å². The van der Waals surface area contributed by atoms with E-state index >= 15 is 0 Å². The summed E-state index contributed by atoms with van der Waals surface area (Å²) in [5.41, 5.74) is 1.53. The maximum Gasteiger partial charge on any atom is 0.322 e. The van der Waals surface area contributed by atoms with Crippen molar-refractivity contribution in [3.63, 3.8) is 0 Å². The van der Waals surface area contributed by atoms with Crippen LogP contribution in [0, 0.1) is 0 Å². The third kappa shape index (κ3) is 4.78. The maximum absolute atomic E-state index is 12.7. The van der Waals surface area contributed by atoms with Gasteiger partial charge in [0.05, 0.1) is 12.8 Å². The molecule has 4 nitrogen and oxygen atoms in total. The van der Waals surface area contributed by atoms with Gasteiger partial charge in [0.2, 0.25) is 0 Å². The van der Waals surface area contributed by atoms with Crippen molar-refractivity contribution in [2.24, 2.45) is 0 Å². The molecule has 0 bridgehead atoms. The molecule has 0 saturated heterocycles. The van der Waals surface area contributed by atoms with Crippen LogP contribution in [-0.4, -0.2) is 10.9 Å². The monoisotopic (exact) mass is 374 g/mol. The lowest BCUT2D eigenvalue weighted by atomic mass is 10.2. The summed E-state index contributed by atoms with van der Waals surface area (Å²) >= 11 is 12.1. The largest absolute Gasteiger partial charge is 0.467 e. The van der Waals surface area contributed by atoms with Crippen LogP contribution in [0.2, 0.25) is 10.0 Å². The molecule has 0 fully saturated rings. The molecule has 0 spiro atoms. The zero-order chi connectivity index (χ0) is 17.6. The number of anilines is 1. The van der Waals surface area contributed by atoms with Gasteiger partial charge < -0.3 is 14.6 Å². The molecule has 0 saturated carbocycles. The van der Waals surface area contributed by atoms with Crippen LogP contribution in [0.25, 0.3) is 0 Å². The summed E-state index contributed by atoms with van der Waals surface area (Å²) in [5.74, 6) is 0.693. The Morgan fingerprint density at radius 2 is 1.72 bits per heavy atom. The van der Waals surface area contributed by atoms with Gasteiger partial charge in [-0.25, -0.2) is 4.79 Å². The van der Waals surface area contributed by atoms with Gasteiger partial charge in [-0.1, -0.05) is 41.4 Å². The van der Waals surface area contributed by atoms with E-state index in [0.717, 1.165) is 5.56 Å². The third-order valence-electron chi connectivity index (χ3n) is 3.63. The van der Waals surface area contributed by atoms with Gasteiger partial charge in [-0.05, 0) is 48.0 Å². The number of furan rings is 1. The summed E-state index contributed by atoms with van der Waals surface area (Å²) in [7, 11) is 0. The Hall–Kier alpha value is -2.43. The van der Waals surface area contributed by atoms with Gasteiger partial charge in [0.25, 0.3) is 0 Å². The number of nitrogens with one attached hydrogen (secondary N) is 1. The van der Waals surface area contributed by atoms with Crippen LogP contribution in [0.1, 0.15) is 11.3 Å². The number of amides is 2. The normalized spacial score (nSPS) is 10.5. The second-order valence-corrected chi connectivity index (χ2v) is 6.31. The minimum Gasteiger partial charge on any atom is -0.467 e. The topological polar surface area (TPSA) is 45.5 Å². The molecule has 0 aliphatic carbocycles. The van der Waals surface area contributed by atoms with Crippen LogP contribution in [-0.2, 0) is 13.1 Å². The Balaban J connectivity index is 1.78. The van der Waals surface area contributed by atoms with Crippen LogP contribution in [0.5, 0.6) is 0 Å². The summed E-state index contributed by atoms with van der Waals surface area (Å²) in [6.07, 6.45) is 1.58. The minimum atomic E-state index is -0.251. The molecular formula is C19H16Cl2N2O2. The number of benzene rings is 2. The molecule has 6 heteroatoms. The van der Waals surface area contributed by atoms with Gasteiger partial charge >= 0.3 is 6.03 Å². The van der Waals surface area contributed by atoms with Gasteiger partial charge in [0.15, 0.2) is 0 Å². The van der Waals surface area contributed by atoms with E-state index in [1.165, 1.54) is 0 Å². The number of halogens is 2. The predicted octanol–water partition coefficient (Wildman–Crippen LogP) is 5.82. The molecule has 0 aliphatic heterocycles. The fourth-order valence-electron chi connectivity index (χ4n) is 2.36. The minimum absolute atomic E-state index is 0.251. The second kappa shape index (κ2) is 8.10. The van der Waals surface area contributed by atoms with E-state index in [4.69, 9.17) is 27.6 Å². The molecule has 1 heterocycles. The molecule has 1 aromatic heterocycles. The Morgan fingerprint density at radius 1 is 0.960 bits per heavy atom. The van der Waals surface area contributed by atoms with E-state index in [1.54, 1.807) is 47.6 Å². The molecule has 2 amide bonds. The van der Waals surface area contributed by atoms with Crippen molar-refractivity contribution < 1.29 is 9.21 Å². The molecule has 0 unspecified atom stereocenters. The van der Waals surface area contributed by atoms with Crippen molar-refractivity contribution in [2.45, 2.75) is 13.1 Å². The fourth-order valence-corrected chi connectivity index (χ4v) is 2.68. The zero-order valence-corrected chi connectivity index (χ0v) is 14.8. The first-order valence-electron chi connectivity index (χ1n) is 7.69. The first-order valence-corrected chi connectivity index (χ1v) is 8.45. The van der Waals surface area contributed by atoms with Crippen molar-refractivity contribution in [3.8, 4) is 0 Å². The highest BCUT2D eigenvalue weighted by molar-refractivity contribution is 6.31. The number of urea groups is 1. The number of rotatable bonds is 5. The first kappa shape index (κ1) is 17.4. The average Bonchev–Trinajstić information content (AvgIpc) is 3.11. The molecule has 3 rings (SSSR count). The molecule has 128 valence electrons. The van der Waals surface area contributed by atoms with Crippen molar-refractivity contribution in [2.75, 3.05) is 5.32 Å². The highest BCUT2D eigenvalue weighted by atomic mass is 35.5. The molecule has 3 aromatic rings. The van der Waals surface area contributed by atoms with E-state index in [-0.39, 0.29) is 6.03 Å². The molecule has 0 aliphatic rings. The Kier molecular flexibility index (Phi) is 5.64. The maximum atomic E-state index is 12.7. The van der Waals surface area contributed by atoms with Gasteiger partial charge in [-0.2, -0.15) is 0 Å². The van der Waals surface area contributed by atoms with Crippen LogP contribution < -0.4 is 5.32 Å². The van der Waals surface area contributed by atoms with Crippen molar-refractivity contribution in [1.29, 1.82) is 0 Å². The summed E-state index contributed by atoms with van der Waals surface area (Å²) in [6.45, 7) is 0.692. The molecular weight excluding hydrogens is 359 g/mol. The van der Waals surface area contributed by atoms with E-state index < -0.39 is 0 Å². The number of hydrogen-bond donors (Lipinski definition) is 1. The lowest BCUT2D eigenvalue weighted by molar-refractivity contribution is 0.201. The summed E-state index contributed by atoms with van der Waals surface area (Å²) < 4.78 is 5.38. The quantitative estimate of drug-likeness (QED) is 0.611. The summed E-state index contributed by atoms with van der Waals surface area (Å²) in [4.78, 5) is 14.4. The van der Waals surface area contributed by atoms with Crippen LogP contribution in [0.15, 0.2) is 71.3 Å². The third-order valence-corrected chi connectivity index (χ3v) is 4.25. The standard InChI is InChI=1S/C19H16Cl2N2O2/c20-15-7-9-16(10-8-15)22-19(24)23(13-17-5-3-11-25-17)12-14-4-1-2-6-18(14)21/h1-11H,12-13H2,(H,22,24). The number of carbonyl (C=O) groups is 1. The van der Waals surface area contributed by atoms with Gasteiger partial charge in [-0.15, -0.1) is 0 Å². The lowest BCUT2D eigenvalue weighted by Crippen LogP contribution is -2.34. The smallest absolute Gasteiger partial charge is 0.322 e. The van der Waals surface area contributed by atoms with E-state index in [1.807, 2.05) is 24.3 Å². The Labute approximate surface area is 156 Å². The van der Waals surface area contributed by atoms with Crippen molar-refractivity contribution in [1.82, 2.24) is 4.90 Å². The lowest BCUT2D eigenvalue weighted by Gasteiger charge is -2.23. The molecule has 2 aromatic carbocycles. The SMILES string of the molecule is O=C(Nc1ccc(Cl)cc1)N(Cc1ccco1)Cc1ccccc1Cl.